The van der Waals surface area contributed by atoms with Gasteiger partial charge in [0.15, 0.2) is 5.82 Å². The van der Waals surface area contributed by atoms with Crippen LogP contribution in [0.25, 0.3) is 22.1 Å². The van der Waals surface area contributed by atoms with Crippen LogP contribution in [0.4, 0.5) is 5.69 Å². The monoisotopic (exact) mass is 456 g/mol. The van der Waals surface area contributed by atoms with Crippen LogP contribution in [0.15, 0.2) is 83.0 Å². The van der Waals surface area contributed by atoms with E-state index < -0.39 is 5.91 Å². The van der Waals surface area contributed by atoms with Crippen molar-refractivity contribution in [3.8, 4) is 22.1 Å². The van der Waals surface area contributed by atoms with Gasteiger partial charge in [-0.05, 0) is 42.6 Å². The third-order valence-corrected chi connectivity index (χ3v) is 6.21. The van der Waals surface area contributed by atoms with Crippen molar-refractivity contribution >= 4 is 22.9 Å². The maximum Gasteiger partial charge on any atom is 0.295 e. The number of thiophene rings is 1. The summed E-state index contributed by atoms with van der Waals surface area (Å²) in [5.41, 5.74) is 1.99. The number of carbonyl (C=O) groups excluding carboxylic acids is 1. The fraction of sp³-hybridized carbons (Fsp3) is 0.0833. The van der Waals surface area contributed by atoms with Crippen LogP contribution in [0.2, 0.25) is 0 Å². The summed E-state index contributed by atoms with van der Waals surface area (Å²) in [5.74, 6) is -0.00232. The van der Waals surface area contributed by atoms with Gasteiger partial charge in [0.2, 0.25) is 5.82 Å². The summed E-state index contributed by atoms with van der Waals surface area (Å²) < 4.78 is 4.86. The standard InChI is InChI=1S/C24H20N6O2S/c1-16-20(24(32)30(28(16)2)18-12-7-4-8-13-18)25-23(31)21-26-22(19-14-9-15-33-19)29(27-21)17-10-5-3-6-11-17/h3-15H,1-2H3,(H,25,31). The number of hydrogen-bond donors (Lipinski definition) is 1. The Morgan fingerprint density at radius 2 is 1.61 bits per heavy atom. The lowest BCUT2D eigenvalue weighted by Gasteiger charge is -2.07. The first-order valence-electron chi connectivity index (χ1n) is 10.3. The Kier molecular flexibility index (Phi) is 5.23. The zero-order chi connectivity index (χ0) is 22.9. The quantitative estimate of drug-likeness (QED) is 0.432. The number of amides is 1. The maximum absolute atomic E-state index is 13.1. The molecule has 0 aliphatic rings. The first-order valence-corrected chi connectivity index (χ1v) is 11.1. The van der Waals surface area contributed by atoms with Crippen molar-refractivity contribution in [1.82, 2.24) is 24.1 Å². The Hall–Kier alpha value is -4.24. The molecule has 0 saturated heterocycles. The van der Waals surface area contributed by atoms with Gasteiger partial charge in [-0.25, -0.2) is 14.3 Å². The van der Waals surface area contributed by atoms with E-state index >= 15 is 0 Å². The molecule has 1 N–H and O–H groups in total. The smallest absolute Gasteiger partial charge is 0.295 e. The van der Waals surface area contributed by atoms with E-state index in [4.69, 9.17) is 0 Å². The summed E-state index contributed by atoms with van der Waals surface area (Å²) in [6, 6.07) is 22.6. The average Bonchev–Trinajstić information content (AvgIpc) is 3.57. The zero-order valence-corrected chi connectivity index (χ0v) is 18.8. The van der Waals surface area contributed by atoms with Crippen LogP contribution >= 0.6 is 11.3 Å². The Balaban J connectivity index is 1.54. The zero-order valence-electron chi connectivity index (χ0n) is 18.0. The van der Waals surface area contributed by atoms with Crippen LogP contribution in [-0.4, -0.2) is 30.0 Å². The lowest BCUT2D eigenvalue weighted by atomic mass is 10.3. The van der Waals surface area contributed by atoms with Gasteiger partial charge in [-0.3, -0.25) is 14.3 Å². The topological polar surface area (TPSA) is 86.7 Å². The van der Waals surface area contributed by atoms with E-state index in [9.17, 15) is 9.59 Å². The van der Waals surface area contributed by atoms with Gasteiger partial charge in [0, 0.05) is 7.05 Å². The van der Waals surface area contributed by atoms with Crippen molar-refractivity contribution in [3.63, 3.8) is 0 Å². The first-order chi connectivity index (χ1) is 16.0. The molecule has 0 spiro atoms. The van der Waals surface area contributed by atoms with E-state index in [1.807, 2.05) is 78.2 Å². The normalized spacial score (nSPS) is 11.0. The fourth-order valence-electron chi connectivity index (χ4n) is 3.60. The molecule has 0 aliphatic carbocycles. The van der Waals surface area contributed by atoms with Gasteiger partial charge in [0.05, 0.1) is 21.9 Å². The number of rotatable bonds is 5. The fourth-order valence-corrected chi connectivity index (χ4v) is 4.30. The molecule has 0 unspecified atom stereocenters. The summed E-state index contributed by atoms with van der Waals surface area (Å²) in [4.78, 5) is 31.7. The molecular formula is C24H20N6O2S. The van der Waals surface area contributed by atoms with Crippen LogP contribution in [0.5, 0.6) is 0 Å². The Morgan fingerprint density at radius 1 is 0.939 bits per heavy atom. The molecule has 5 rings (SSSR count). The van der Waals surface area contributed by atoms with Crippen molar-refractivity contribution in [1.29, 1.82) is 0 Å². The number of carbonyl (C=O) groups is 1. The molecule has 0 aliphatic heterocycles. The van der Waals surface area contributed by atoms with E-state index in [1.54, 1.807) is 23.3 Å². The van der Waals surface area contributed by atoms with Crippen molar-refractivity contribution in [2.45, 2.75) is 6.92 Å². The van der Waals surface area contributed by atoms with Crippen molar-refractivity contribution in [2.24, 2.45) is 7.05 Å². The molecule has 8 nitrogen and oxygen atoms in total. The van der Waals surface area contributed by atoms with E-state index in [1.165, 1.54) is 16.0 Å². The molecule has 0 bridgehead atoms. The molecule has 9 heteroatoms. The molecule has 5 aromatic rings. The SMILES string of the molecule is Cc1c(NC(=O)c2nc(-c3cccs3)n(-c3ccccc3)n2)c(=O)n(-c2ccccc2)n1C. The average molecular weight is 457 g/mol. The molecule has 3 heterocycles. The number of para-hydroxylation sites is 2. The van der Waals surface area contributed by atoms with Crippen LogP contribution in [0.1, 0.15) is 16.3 Å². The highest BCUT2D eigenvalue weighted by Gasteiger charge is 2.23. The molecule has 0 atom stereocenters. The summed E-state index contributed by atoms with van der Waals surface area (Å²) in [6.07, 6.45) is 0. The minimum atomic E-state index is -0.548. The largest absolute Gasteiger partial charge is 0.313 e. The van der Waals surface area contributed by atoms with Crippen LogP contribution in [0, 0.1) is 6.92 Å². The van der Waals surface area contributed by atoms with E-state index in [-0.39, 0.29) is 17.1 Å². The third kappa shape index (κ3) is 3.68. The van der Waals surface area contributed by atoms with E-state index in [0.29, 0.717) is 17.2 Å². The van der Waals surface area contributed by atoms with Gasteiger partial charge >= 0.3 is 0 Å². The van der Waals surface area contributed by atoms with E-state index in [2.05, 4.69) is 15.4 Å². The van der Waals surface area contributed by atoms with Gasteiger partial charge in [-0.2, -0.15) is 0 Å². The van der Waals surface area contributed by atoms with Crippen molar-refractivity contribution < 1.29 is 4.79 Å². The highest BCUT2D eigenvalue weighted by atomic mass is 32.1. The number of benzene rings is 2. The highest BCUT2D eigenvalue weighted by molar-refractivity contribution is 7.13. The predicted octanol–water partition coefficient (Wildman–Crippen LogP) is 4.05. The third-order valence-electron chi connectivity index (χ3n) is 5.35. The van der Waals surface area contributed by atoms with Gasteiger partial charge < -0.3 is 5.32 Å². The number of aromatic nitrogens is 5. The maximum atomic E-state index is 13.1. The Labute approximate surface area is 193 Å². The van der Waals surface area contributed by atoms with Gasteiger partial charge in [-0.1, -0.05) is 42.5 Å². The highest BCUT2D eigenvalue weighted by Crippen LogP contribution is 2.26. The minimum Gasteiger partial charge on any atom is -0.313 e. The second-order valence-electron chi connectivity index (χ2n) is 7.37. The summed E-state index contributed by atoms with van der Waals surface area (Å²) in [6.45, 7) is 1.78. The second-order valence-corrected chi connectivity index (χ2v) is 8.32. The van der Waals surface area contributed by atoms with Crippen molar-refractivity contribution in [3.05, 3.63) is 100 Å². The molecule has 3 aromatic heterocycles. The molecule has 0 saturated carbocycles. The molecule has 33 heavy (non-hydrogen) atoms. The van der Waals surface area contributed by atoms with Gasteiger partial charge in [-0.15, -0.1) is 16.4 Å². The van der Waals surface area contributed by atoms with Crippen LogP contribution < -0.4 is 10.9 Å². The number of anilines is 1. The Bertz CT molecular complexity index is 1480. The lowest BCUT2D eigenvalue weighted by Crippen LogP contribution is -2.23. The molecule has 164 valence electrons. The second kappa shape index (κ2) is 8.36. The van der Waals surface area contributed by atoms with Gasteiger partial charge in [0.25, 0.3) is 11.5 Å². The van der Waals surface area contributed by atoms with Crippen molar-refractivity contribution in [2.75, 3.05) is 5.32 Å². The summed E-state index contributed by atoms with van der Waals surface area (Å²) in [5, 5.41) is 9.14. The molecule has 1 amide bonds. The molecule has 0 radical (unpaired) electrons. The van der Waals surface area contributed by atoms with E-state index in [0.717, 1.165) is 10.6 Å². The number of nitrogens with zero attached hydrogens (tertiary/aromatic N) is 5. The predicted molar refractivity (Wildman–Crippen MR) is 128 cm³/mol. The first kappa shape index (κ1) is 20.7. The van der Waals surface area contributed by atoms with Crippen LogP contribution in [0.3, 0.4) is 0 Å². The van der Waals surface area contributed by atoms with Crippen LogP contribution in [-0.2, 0) is 7.05 Å². The van der Waals surface area contributed by atoms with Gasteiger partial charge in [0.1, 0.15) is 5.69 Å². The molecular weight excluding hydrogens is 436 g/mol. The molecule has 0 fully saturated rings. The lowest BCUT2D eigenvalue weighted by molar-refractivity contribution is 0.101. The summed E-state index contributed by atoms with van der Waals surface area (Å²) >= 11 is 1.51. The summed E-state index contributed by atoms with van der Waals surface area (Å²) in [7, 11) is 1.77. The Morgan fingerprint density at radius 3 is 2.24 bits per heavy atom. The minimum absolute atomic E-state index is 0.0174. The number of hydrogen-bond acceptors (Lipinski definition) is 5. The number of nitrogens with one attached hydrogen (secondary N) is 1. The molecule has 2 aromatic carbocycles.